The number of hydrogen-bond acceptors (Lipinski definition) is 3. The van der Waals surface area contributed by atoms with E-state index in [1.54, 1.807) is 0 Å². The minimum Gasteiger partial charge on any atom is -0.375 e. The van der Waals surface area contributed by atoms with Crippen molar-refractivity contribution in [2.75, 3.05) is 24.6 Å². The van der Waals surface area contributed by atoms with Gasteiger partial charge in [-0.3, -0.25) is 4.68 Å². The van der Waals surface area contributed by atoms with Crippen molar-refractivity contribution in [3.05, 3.63) is 48.7 Å². The van der Waals surface area contributed by atoms with E-state index in [-0.39, 0.29) is 6.10 Å². The summed E-state index contributed by atoms with van der Waals surface area (Å²) < 4.78 is 7.58. The summed E-state index contributed by atoms with van der Waals surface area (Å²) in [6.45, 7) is 4.82. The lowest BCUT2D eigenvalue weighted by atomic mass is 10.0. The maximum absolute atomic E-state index is 5.65. The molecule has 1 aliphatic rings. The minimum absolute atomic E-state index is 0.286. The number of benzene rings is 2. The maximum Gasteiger partial charge on any atom is 0.0722 e. The first-order valence-electron chi connectivity index (χ1n) is 8.10. The van der Waals surface area contributed by atoms with Gasteiger partial charge in [-0.25, -0.2) is 0 Å². The molecule has 4 nitrogen and oxygen atoms in total. The van der Waals surface area contributed by atoms with Crippen molar-refractivity contribution >= 4 is 16.6 Å². The molecule has 0 aliphatic carbocycles. The Morgan fingerprint density at radius 2 is 2.04 bits per heavy atom. The van der Waals surface area contributed by atoms with Crippen LogP contribution in [0.5, 0.6) is 0 Å². The van der Waals surface area contributed by atoms with E-state index < -0.39 is 0 Å². The average molecular weight is 307 g/mol. The van der Waals surface area contributed by atoms with E-state index in [0.29, 0.717) is 0 Å². The fourth-order valence-electron chi connectivity index (χ4n) is 3.35. The number of ether oxygens (including phenoxy) is 1. The van der Waals surface area contributed by atoms with Crippen LogP contribution < -0.4 is 4.90 Å². The molecule has 0 N–H and O–H groups in total. The number of nitrogens with zero attached hydrogens (tertiary/aromatic N) is 3. The third kappa shape index (κ3) is 2.59. The van der Waals surface area contributed by atoms with Crippen molar-refractivity contribution in [1.82, 2.24) is 9.78 Å². The molecule has 1 atom stereocenters. The van der Waals surface area contributed by atoms with Crippen LogP contribution in [0.2, 0.25) is 0 Å². The SMILES string of the molecule is C[C@@H]1CN(c2cccc(-c3cccc4c3cnn4C)c2)CCO1. The minimum atomic E-state index is 0.286. The highest BCUT2D eigenvalue weighted by Crippen LogP contribution is 2.31. The van der Waals surface area contributed by atoms with Gasteiger partial charge in [0.05, 0.1) is 24.4 Å². The molecule has 3 aromatic rings. The lowest BCUT2D eigenvalue weighted by Crippen LogP contribution is -2.41. The van der Waals surface area contributed by atoms with Gasteiger partial charge in [0.2, 0.25) is 0 Å². The molecule has 4 rings (SSSR count). The molecule has 0 bridgehead atoms. The van der Waals surface area contributed by atoms with Crippen LogP contribution in [-0.4, -0.2) is 35.6 Å². The summed E-state index contributed by atoms with van der Waals surface area (Å²) >= 11 is 0. The smallest absolute Gasteiger partial charge is 0.0722 e. The molecular weight excluding hydrogens is 286 g/mol. The quantitative estimate of drug-likeness (QED) is 0.726. The monoisotopic (exact) mass is 307 g/mol. The van der Waals surface area contributed by atoms with Gasteiger partial charge >= 0.3 is 0 Å². The molecule has 0 amide bonds. The number of fused-ring (bicyclic) bond motifs is 1. The molecule has 23 heavy (non-hydrogen) atoms. The molecule has 0 radical (unpaired) electrons. The van der Waals surface area contributed by atoms with E-state index in [0.717, 1.165) is 25.2 Å². The highest BCUT2D eigenvalue weighted by Gasteiger charge is 2.17. The second-order valence-corrected chi connectivity index (χ2v) is 6.18. The van der Waals surface area contributed by atoms with Crippen LogP contribution in [0.4, 0.5) is 5.69 Å². The van der Waals surface area contributed by atoms with Crippen molar-refractivity contribution in [3.63, 3.8) is 0 Å². The number of aromatic nitrogens is 2. The molecule has 0 saturated carbocycles. The Morgan fingerprint density at radius 3 is 2.91 bits per heavy atom. The number of anilines is 1. The Balaban J connectivity index is 1.75. The third-order valence-corrected chi connectivity index (χ3v) is 4.56. The van der Waals surface area contributed by atoms with Gasteiger partial charge in [-0.1, -0.05) is 24.3 Å². The normalized spacial score (nSPS) is 18.5. The Morgan fingerprint density at radius 1 is 1.17 bits per heavy atom. The van der Waals surface area contributed by atoms with Crippen LogP contribution >= 0.6 is 0 Å². The molecule has 4 heteroatoms. The molecule has 1 aliphatic heterocycles. The first-order valence-corrected chi connectivity index (χ1v) is 8.10. The fourth-order valence-corrected chi connectivity index (χ4v) is 3.35. The Hall–Kier alpha value is -2.33. The molecule has 0 spiro atoms. The molecule has 1 saturated heterocycles. The molecule has 1 aromatic heterocycles. The highest BCUT2D eigenvalue weighted by atomic mass is 16.5. The first kappa shape index (κ1) is 14.3. The lowest BCUT2D eigenvalue weighted by molar-refractivity contribution is 0.0532. The van der Waals surface area contributed by atoms with Crippen molar-refractivity contribution in [3.8, 4) is 11.1 Å². The van der Waals surface area contributed by atoms with Gasteiger partial charge in [0.25, 0.3) is 0 Å². The molecule has 0 unspecified atom stereocenters. The summed E-state index contributed by atoms with van der Waals surface area (Å²) in [5, 5.41) is 5.59. The molecule has 2 aromatic carbocycles. The van der Waals surface area contributed by atoms with Crippen molar-refractivity contribution in [2.24, 2.45) is 7.05 Å². The predicted molar refractivity (Wildman–Crippen MR) is 93.8 cm³/mol. The van der Waals surface area contributed by atoms with Gasteiger partial charge in [0.1, 0.15) is 0 Å². The van der Waals surface area contributed by atoms with Crippen LogP contribution in [0.3, 0.4) is 0 Å². The van der Waals surface area contributed by atoms with E-state index >= 15 is 0 Å². The standard InChI is InChI=1S/C19H21N3O/c1-14-13-22(9-10-23-14)16-6-3-5-15(11-16)17-7-4-8-19-18(17)12-20-21(19)2/h3-8,11-12,14H,9-10,13H2,1-2H3/t14-/m1/s1. The number of aryl methyl sites for hydroxylation is 1. The Kier molecular flexibility index (Phi) is 3.54. The second-order valence-electron chi connectivity index (χ2n) is 6.18. The maximum atomic E-state index is 5.65. The van der Waals surface area contributed by atoms with E-state index in [4.69, 9.17) is 4.74 Å². The summed E-state index contributed by atoms with van der Waals surface area (Å²) in [7, 11) is 1.98. The molecule has 118 valence electrons. The van der Waals surface area contributed by atoms with Gasteiger partial charge in [-0.05, 0) is 36.2 Å². The lowest BCUT2D eigenvalue weighted by Gasteiger charge is -2.33. The number of hydrogen-bond donors (Lipinski definition) is 0. The second kappa shape index (κ2) is 5.70. The summed E-state index contributed by atoms with van der Waals surface area (Å²) in [5.74, 6) is 0. The van der Waals surface area contributed by atoms with Gasteiger partial charge in [0, 0.05) is 31.2 Å². The van der Waals surface area contributed by atoms with Crippen LogP contribution in [0, 0.1) is 0 Å². The summed E-state index contributed by atoms with van der Waals surface area (Å²) in [5.41, 5.74) is 4.89. The van der Waals surface area contributed by atoms with Crippen molar-refractivity contribution < 1.29 is 4.74 Å². The van der Waals surface area contributed by atoms with Crippen molar-refractivity contribution in [1.29, 1.82) is 0 Å². The van der Waals surface area contributed by atoms with Crippen molar-refractivity contribution in [2.45, 2.75) is 13.0 Å². The average Bonchev–Trinajstić information content (AvgIpc) is 2.96. The van der Waals surface area contributed by atoms with Gasteiger partial charge in [0.15, 0.2) is 0 Å². The largest absolute Gasteiger partial charge is 0.375 e. The van der Waals surface area contributed by atoms with E-state index in [1.165, 1.54) is 22.2 Å². The Bertz CT molecular complexity index is 840. The number of morpholine rings is 1. The summed E-state index contributed by atoms with van der Waals surface area (Å²) in [6.07, 6.45) is 2.24. The Labute approximate surface area is 136 Å². The van der Waals surface area contributed by atoms with Gasteiger partial charge in [-0.2, -0.15) is 5.10 Å². The van der Waals surface area contributed by atoms with Crippen LogP contribution in [-0.2, 0) is 11.8 Å². The molecule has 1 fully saturated rings. The zero-order valence-electron chi connectivity index (χ0n) is 13.6. The summed E-state index contributed by atoms with van der Waals surface area (Å²) in [4.78, 5) is 2.40. The van der Waals surface area contributed by atoms with E-state index in [1.807, 2.05) is 17.9 Å². The van der Waals surface area contributed by atoms with Gasteiger partial charge < -0.3 is 9.64 Å². The summed E-state index contributed by atoms with van der Waals surface area (Å²) in [6, 6.07) is 15.2. The van der Waals surface area contributed by atoms with Crippen LogP contribution in [0.15, 0.2) is 48.7 Å². The van der Waals surface area contributed by atoms with Gasteiger partial charge in [-0.15, -0.1) is 0 Å². The zero-order chi connectivity index (χ0) is 15.8. The topological polar surface area (TPSA) is 30.3 Å². The van der Waals surface area contributed by atoms with Crippen LogP contribution in [0.25, 0.3) is 22.0 Å². The zero-order valence-corrected chi connectivity index (χ0v) is 13.6. The van der Waals surface area contributed by atoms with E-state index in [2.05, 4.69) is 59.4 Å². The van der Waals surface area contributed by atoms with Crippen LogP contribution in [0.1, 0.15) is 6.92 Å². The number of rotatable bonds is 2. The first-order chi connectivity index (χ1) is 11.2. The van der Waals surface area contributed by atoms with E-state index in [9.17, 15) is 0 Å². The third-order valence-electron chi connectivity index (χ3n) is 4.56. The predicted octanol–water partition coefficient (Wildman–Crippen LogP) is 3.47. The molecule has 2 heterocycles. The molecular formula is C19H21N3O. The highest BCUT2D eigenvalue weighted by molar-refractivity contribution is 5.95. The fraction of sp³-hybridized carbons (Fsp3) is 0.316.